The lowest BCUT2D eigenvalue weighted by Gasteiger charge is -2.33. The normalized spacial score (nSPS) is 13.9. The van der Waals surface area contributed by atoms with E-state index in [9.17, 15) is 4.39 Å². The van der Waals surface area contributed by atoms with Gasteiger partial charge in [-0.25, -0.2) is 19.3 Å². The van der Waals surface area contributed by atoms with Crippen LogP contribution in [0.25, 0.3) is 0 Å². The Morgan fingerprint density at radius 1 is 1.07 bits per heavy atom. The van der Waals surface area contributed by atoms with Crippen LogP contribution in [0.3, 0.4) is 0 Å². The topological polar surface area (TPSA) is 53.9 Å². The molecule has 0 saturated heterocycles. The summed E-state index contributed by atoms with van der Waals surface area (Å²) in [6.45, 7) is 7.92. The molecule has 1 N–H and O–H groups in total. The number of halogens is 1. The fourth-order valence-corrected chi connectivity index (χ4v) is 3.77. The van der Waals surface area contributed by atoms with Crippen molar-refractivity contribution < 1.29 is 4.39 Å². The molecule has 6 heteroatoms. The lowest BCUT2D eigenvalue weighted by Crippen LogP contribution is -2.37. The SMILES string of the molecule is Cc1ccc(N2CCc3ncnc(NC(C)(C)Cc4ccc(F)cc4)c3C2)nc1. The van der Waals surface area contributed by atoms with Gasteiger partial charge in [-0.2, -0.15) is 0 Å². The summed E-state index contributed by atoms with van der Waals surface area (Å²) in [5.74, 6) is 1.62. The minimum Gasteiger partial charge on any atom is -0.364 e. The second kappa shape index (κ2) is 7.78. The molecule has 0 bridgehead atoms. The first kappa shape index (κ1) is 19.3. The Kier molecular flexibility index (Phi) is 5.18. The molecule has 1 aliphatic heterocycles. The van der Waals surface area contributed by atoms with Crippen molar-refractivity contribution in [2.24, 2.45) is 0 Å². The van der Waals surface area contributed by atoms with Gasteiger partial charge in [-0.3, -0.25) is 0 Å². The average molecular weight is 391 g/mol. The number of aromatic nitrogens is 3. The third kappa shape index (κ3) is 4.53. The summed E-state index contributed by atoms with van der Waals surface area (Å²) in [4.78, 5) is 15.9. The number of hydrogen-bond acceptors (Lipinski definition) is 5. The van der Waals surface area contributed by atoms with E-state index in [2.05, 4.69) is 51.1 Å². The highest BCUT2D eigenvalue weighted by Gasteiger charge is 2.26. The van der Waals surface area contributed by atoms with E-state index in [0.29, 0.717) is 0 Å². The van der Waals surface area contributed by atoms with Crippen molar-refractivity contribution in [1.82, 2.24) is 15.0 Å². The number of pyridine rings is 1. The summed E-state index contributed by atoms with van der Waals surface area (Å²) in [5.41, 5.74) is 4.19. The highest BCUT2D eigenvalue weighted by atomic mass is 19.1. The average Bonchev–Trinajstić information content (AvgIpc) is 2.70. The van der Waals surface area contributed by atoms with E-state index in [1.165, 1.54) is 12.1 Å². The first-order valence-corrected chi connectivity index (χ1v) is 9.93. The maximum atomic E-state index is 13.2. The number of fused-ring (bicyclic) bond motifs is 1. The number of nitrogens with one attached hydrogen (secondary N) is 1. The highest BCUT2D eigenvalue weighted by molar-refractivity contribution is 5.53. The van der Waals surface area contributed by atoms with Crippen LogP contribution >= 0.6 is 0 Å². The molecule has 150 valence electrons. The van der Waals surface area contributed by atoms with Crippen molar-refractivity contribution in [2.45, 2.75) is 45.7 Å². The Bertz CT molecular complexity index is 983. The van der Waals surface area contributed by atoms with Gasteiger partial charge in [0.1, 0.15) is 23.8 Å². The number of nitrogens with zero attached hydrogens (tertiary/aromatic N) is 4. The monoisotopic (exact) mass is 391 g/mol. The maximum absolute atomic E-state index is 13.2. The molecule has 5 nitrogen and oxygen atoms in total. The molecule has 2 aromatic heterocycles. The van der Waals surface area contributed by atoms with Gasteiger partial charge in [-0.15, -0.1) is 0 Å². The van der Waals surface area contributed by atoms with Crippen molar-refractivity contribution >= 4 is 11.6 Å². The van der Waals surface area contributed by atoms with E-state index in [1.54, 1.807) is 6.33 Å². The van der Waals surface area contributed by atoms with Gasteiger partial charge in [0.25, 0.3) is 0 Å². The van der Waals surface area contributed by atoms with Gasteiger partial charge < -0.3 is 10.2 Å². The van der Waals surface area contributed by atoms with E-state index >= 15 is 0 Å². The molecule has 4 rings (SSSR count). The first-order chi connectivity index (χ1) is 13.9. The van der Waals surface area contributed by atoms with Crippen LogP contribution in [0.5, 0.6) is 0 Å². The molecular formula is C23H26FN5. The van der Waals surface area contributed by atoms with Crippen LogP contribution in [0.1, 0.15) is 36.2 Å². The summed E-state index contributed by atoms with van der Waals surface area (Å²) in [7, 11) is 0. The summed E-state index contributed by atoms with van der Waals surface area (Å²) >= 11 is 0. The Morgan fingerprint density at radius 2 is 1.86 bits per heavy atom. The van der Waals surface area contributed by atoms with E-state index in [1.807, 2.05) is 25.3 Å². The molecule has 1 aromatic carbocycles. The number of benzene rings is 1. The predicted molar refractivity (Wildman–Crippen MR) is 114 cm³/mol. The molecule has 0 spiro atoms. The molecule has 29 heavy (non-hydrogen) atoms. The van der Waals surface area contributed by atoms with Crippen molar-refractivity contribution in [3.05, 3.63) is 77.1 Å². The molecule has 0 radical (unpaired) electrons. The fourth-order valence-electron chi connectivity index (χ4n) is 3.77. The molecule has 0 unspecified atom stereocenters. The first-order valence-electron chi connectivity index (χ1n) is 9.93. The van der Waals surface area contributed by atoms with E-state index in [0.717, 1.165) is 60.0 Å². The molecule has 1 aliphatic rings. The highest BCUT2D eigenvalue weighted by Crippen LogP contribution is 2.28. The van der Waals surface area contributed by atoms with Gasteiger partial charge >= 0.3 is 0 Å². The molecule has 0 aliphatic carbocycles. The molecule has 3 aromatic rings. The van der Waals surface area contributed by atoms with Crippen LogP contribution < -0.4 is 10.2 Å². The zero-order valence-electron chi connectivity index (χ0n) is 17.1. The van der Waals surface area contributed by atoms with Gasteiger partial charge in [0.2, 0.25) is 0 Å². The van der Waals surface area contributed by atoms with Crippen LogP contribution in [0.15, 0.2) is 48.9 Å². The summed E-state index contributed by atoms with van der Waals surface area (Å²) in [5, 5.41) is 3.60. The van der Waals surface area contributed by atoms with E-state index in [-0.39, 0.29) is 11.4 Å². The Labute approximate surface area is 171 Å². The number of anilines is 2. The van der Waals surface area contributed by atoms with Crippen LogP contribution in [0.4, 0.5) is 16.0 Å². The maximum Gasteiger partial charge on any atom is 0.135 e. The zero-order chi connectivity index (χ0) is 20.4. The van der Waals surface area contributed by atoms with Crippen molar-refractivity contribution in [3.8, 4) is 0 Å². The standard InChI is InChI=1S/C23H26FN5/c1-16-4-9-21(25-13-16)29-11-10-20-19(14-29)22(27-15-26-20)28-23(2,3)12-17-5-7-18(24)8-6-17/h4-9,13,15H,10-12,14H2,1-3H3,(H,26,27,28). The minimum atomic E-state index is -0.246. The van der Waals surface area contributed by atoms with Crippen molar-refractivity contribution in [2.75, 3.05) is 16.8 Å². The minimum absolute atomic E-state index is 0.214. The second-order valence-electron chi connectivity index (χ2n) is 8.32. The quantitative estimate of drug-likeness (QED) is 0.702. The number of aryl methyl sites for hydroxylation is 1. The van der Waals surface area contributed by atoms with Gasteiger partial charge in [0, 0.05) is 36.8 Å². The lowest BCUT2D eigenvalue weighted by molar-refractivity contribution is 0.556. The zero-order valence-corrected chi connectivity index (χ0v) is 17.1. The summed E-state index contributed by atoms with van der Waals surface area (Å²) in [6.07, 6.45) is 5.15. The van der Waals surface area contributed by atoms with E-state index < -0.39 is 0 Å². The Balaban J connectivity index is 1.55. The third-order valence-corrected chi connectivity index (χ3v) is 5.24. The van der Waals surface area contributed by atoms with Gasteiger partial charge in [-0.05, 0) is 56.5 Å². The molecule has 0 fully saturated rings. The van der Waals surface area contributed by atoms with Crippen LogP contribution in [-0.4, -0.2) is 27.0 Å². The third-order valence-electron chi connectivity index (χ3n) is 5.24. The molecule has 0 atom stereocenters. The Morgan fingerprint density at radius 3 is 2.59 bits per heavy atom. The van der Waals surface area contributed by atoms with Crippen LogP contribution in [-0.2, 0) is 19.4 Å². The molecule has 0 saturated carbocycles. The Hall–Kier alpha value is -3.02. The largest absolute Gasteiger partial charge is 0.364 e. The van der Waals surface area contributed by atoms with Crippen molar-refractivity contribution in [1.29, 1.82) is 0 Å². The summed E-state index contributed by atoms with van der Waals surface area (Å²) in [6, 6.07) is 10.8. The molecule has 3 heterocycles. The van der Waals surface area contributed by atoms with Gasteiger partial charge in [0.15, 0.2) is 0 Å². The predicted octanol–water partition coefficient (Wildman–Crippen LogP) is 4.32. The molecular weight excluding hydrogens is 365 g/mol. The summed E-state index contributed by atoms with van der Waals surface area (Å²) < 4.78 is 13.2. The van der Waals surface area contributed by atoms with Gasteiger partial charge in [-0.1, -0.05) is 18.2 Å². The second-order valence-corrected chi connectivity index (χ2v) is 8.32. The molecule has 0 amide bonds. The van der Waals surface area contributed by atoms with E-state index in [4.69, 9.17) is 0 Å². The lowest BCUT2D eigenvalue weighted by atomic mass is 9.94. The van der Waals surface area contributed by atoms with Crippen molar-refractivity contribution in [3.63, 3.8) is 0 Å². The van der Waals surface area contributed by atoms with Crippen LogP contribution in [0, 0.1) is 12.7 Å². The van der Waals surface area contributed by atoms with Gasteiger partial charge in [0.05, 0.1) is 5.69 Å². The number of hydrogen-bond donors (Lipinski definition) is 1. The number of rotatable bonds is 5. The van der Waals surface area contributed by atoms with Crippen LogP contribution in [0.2, 0.25) is 0 Å². The smallest absolute Gasteiger partial charge is 0.135 e. The fraction of sp³-hybridized carbons (Fsp3) is 0.348.